The maximum absolute atomic E-state index is 14.9. The summed E-state index contributed by atoms with van der Waals surface area (Å²) in [5, 5.41) is 6.82. The molecular weight excluding hydrogens is 540 g/mol. The van der Waals surface area contributed by atoms with Gasteiger partial charge in [-0.1, -0.05) is 11.6 Å². The molecule has 2 atom stereocenters. The van der Waals surface area contributed by atoms with Gasteiger partial charge in [0, 0.05) is 37.1 Å². The number of ether oxygens (including phenoxy) is 1. The van der Waals surface area contributed by atoms with Gasteiger partial charge in [-0.15, -0.1) is 0 Å². The van der Waals surface area contributed by atoms with Crippen molar-refractivity contribution in [1.82, 2.24) is 14.5 Å². The molecule has 39 heavy (non-hydrogen) atoms. The number of aryl methyl sites for hydroxylation is 1. The van der Waals surface area contributed by atoms with Gasteiger partial charge in [0.2, 0.25) is 18.1 Å². The summed E-state index contributed by atoms with van der Waals surface area (Å²) in [5.41, 5.74) is 0.775. The van der Waals surface area contributed by atoms with Crippen LogP contribution in [0.15, 0.2) is 29.2 Å². The first-order chi connectivity index (χ1) is 18.6. The van der Waals surface area contributed by atoms with E-state index < -0.39 is 36.5 Å². The number of nitrogens with zero attached hydrogens (tertiary/aromatic N) is 4. The molecule has 208 valence electrons. The first kappa shape index (κ1) is 26.0. The van der Waals surface area contributed by atoms with Gasteiger partial charge >= 0.3 is 5.92 Å². The quantitative estimate of drug-likeness (QED) is 0.399. The molecule has 4 heterocycles. The number of halogens is 5. The fourth-order valence-corrected chi connectivity index (χ4v) is 5.56. The van der Waals surface area contributed by atoms with Crippen LogP contribution in [0.2, 0.25) is 5.02 Å². The second kappa shape index (κ2) is 9.72. The molecule has 1 saturated carbocycles. The summed E-state index contributed by atoms with van der Waals surface area (Å²) in [6.07, 6.45) is 1.41. The average Bonchev–Trinajstić information content (AvgIpc) is 3.76. The lowest BCUT2D eigenvalue weighted by molar-refractivity contribution is -0.0579. The zero-order valence-electron chi connectivity index (χ0n) is 21.1. The standard InChI is InChI=1S/C26H27ClF4N6O2/c1-36-18-7-6-15(33-23-17(27)10-32-25(35-23)37-8-2-3-14(11-37)22(28)29)9-16(18)19-20(24(36)38)39-12-26(30,31)21(34-19)13-4-5-13/h6-7,9-10,13-14,21-22,34H,2-5,8,11-12H2,1H3,(H,32,33,35). The van der Waals surface area contributed by atoms with Crippen LogP contribution in [0, 0.1) is 11.8 Å². The Kier molecular flexibility index (Phi) is 6.47. The maximum Gasteiger partial charge on any atom is 0.301 e. The van der Waals surface area contributed by atoms with Crippen LogP contribution in [0.1, 0.15) is 25.7 Å². The lowest BCUT2D eigenvalue weighted by Gasteiger charge is -2.32. The molecule has 2 N–H and O–H groups in total. The van der Waals surface area contributed by atoms with E-state index >= 15 is 0 Å². The normalized spacial score (nSPS) is 22.7. The molecule has 1 saturated heterocycles. The molecule has 2 aliphatic heterocycles. The molecule has 8 nitrogen and oxygen atoms in total. The summed E-state index contributed by atoms with van der Waals surface area (Å²) < 4.78 is 63.2. The van der Waals surface area contributed by atoms with E-state index in [1.807, 2.05) is 0 Å². The number of aromatic nitrogens is 3. The van der Waals surface area contributed by atoms with Gasteiger partial charge in [0.05, 0.1) is 23.4 Å². The van der Waals surface area contributed by atoms with Gasteiger partial charge in [-0.2, -0.15) is 4.98 Å². The monoisotopic (exact) mass is 566 g/mol. The summed E-state index contributed by atoms with van der Waals surface area (Å²) in [6, 6.07) is 3.98. The van der Waals surface area contributed by atoms with Crippen molar-refractivity contribution in [1.29, 1.82) is 0 Å². The fourth-order valence-electron chi connectivity index (χ4n) is 5.42. The Morgan fingerprint density at radius 3 is 2.79 bits per heavy atom. The van der Waals surface area contributed by atoms with Crippen LogP contribution in [0.5, 0.6) is 5.75 Å². The molecule has 0 spiro atoms. The number of hydrogen-bond acceptors (Lipinski definition) is 7. The smallest absolute Gasteiger partial charge is 0.301 e. The van der Waals surface area contributed by atoms with Crippen LogP contribution in [0.25, 0.3) is 10.9 Å². The van der Waals surface area contributed by atoms with E-state index in [9.17, 15) is 22.4 Å². The first-order valence-electron chi connectivity index (χ1n) is 12.9. The molecule has 13 heteroatoms. The van der Waals surface area contributed by atoms with E-state index in [0.717, 1.165) is 0 Å². The number of rotatable bonds is 5. The average molecular weight is 567 g/mol. The van der Waals surface area contributed by atoms with Crippen LogP contribution >= 0.6 is 11.6 Å². The Bertz CT molecular complexity index is 1480. The highest BCUT2D eigenvalue weighted by Crippen LogP contribution is 2.45. The summed E-state index contributed by atoms with van der Waals surface area (Å²) in [6.45, 7) is -0.179. The molecule has 0 amide bonds. The van der Waals surface area contributed by atoms with Gasteiger partial charge < -0.3 is 24.8 Å². The van der Waals surface area contributed by atoms with Crippen LogP contribution in [0.4, 0.5) is 40.7 Å². The lowest BCUT2D eigenvalue weighted by atomic mass is 9.99. The predicted octanol–water partition coefficient (Wildman–Crippen LogP) is 5.43. The third kappa shape index (κ3) is 4.83. The van der Waals surface area contributed by atoms with Crippen molar-refractivity contribution in [2.75, 3.05) is 35.2 Å². The zero-order chi connectivity index (χ0) is 27.5. The van der Waals surface area contributed by atoms with E-state index in [1.165, 1.54) is 10.8 Å². The van der Waals surface area contributed by atoms with Gasteiger partial charge in [0.25, 0.3) is 5.56 Å². The van der Waals surface area contributed by atoms with E-state index in [4.69, 9.17) is 16.3 Å². The summed E-state index contributed by atoms with van der Waals surface area (Å²) in [5.74, 6) is -3.69. The van der Waals surface area contributed by atoms with E-state index in [1.54, 1.807) is 30.1 Å². The second-order valence-corrected chi connectivity index (χ2v) is 10.9. The van der Waals surface area contributed by atoms with E-state index in [0.29, 0.717) is 48.8 Å². The van der Waals surface area contributed by atoms with Crippen molar-refractivity contribution in [3.05, 3.63) is 39.8 Å². The van der Waals surface area contributed by atoms with Crippen LogP contribution in [-0.4, -0.2) is 52.6 Å². The Morgan fingerprint density at radius 2 is 2.05 bits per heavy atom. The highest BCUT2D eigenvalue weighted by Gasteiger charge is 2.51. The number of alkyl halides is 4. The summed E-state index contributed by atoms with van der Waals surface area (Å²) in [7, 11) is 1.56. The second-order valence-electron chi connectivity index (χ2n) is 10.5. The Hall–Kier alpha value is -3.28. The third-order valence-corrected chi connectivity index (χ3v) is 7.98. The maximum atomic E-state index is 14.9. The highest BCUT2D eigenvalue weighted by atomic mass is 35.5. The molecule has 0 bridgehead atoms. The van der Waals surface area contributed by atoms with Crippen molar-refractivity contribution < 1.29 is 22.3 Å². The molecule has 0 radical (unpaired) electrons. The third-order valence-electron chi connectivity index (χ3n) is 7.70. The molecule has 2 fully saturated rings. The number of anilines is 4. The molecule has 6 rings (SSSR count). The van der Waals surface area contributed by atoms with Gasteiger partial charge in [0.1, 0.15) is 5.02 Å². The van der Waals surface area contributed by atoms with Crippen LogP contribution in [0.3, 0.4) is 0 Å². The van der Waals surface area contributed by atoms with Crippen LogP contribution < -0.4 is 25.8 Å². The number of piperidine rings is 1. The topological polar surface area (TPSA) is 84.3 Å². The van der Waals surface area contributed by atoms with Crippen molar-refractivity contribution in [3.63, 3.8) is 0 Å². The van der Waals surface area contributed by atoms with Crippen LogP contribution in [-0.2, 0) is 7.05 Å². The number of fused-ring (bicyclic) bond motifs is 3. The largest absolute Gasteiger partial charge is 0.480 e. The molecule has 3 aliphatic rings. The molecule has 2 unspecified atom stereocenters. The SMILES string of the molecule is Cn1c(=O)c2c(c3cc(Nc4nc(N5CCCC(C(F)F)C5)ncc4Cl)ccc31)NC(C1CC1)C(F)(F)CO2. The van der Waals surface area contributed by atoms with Crippen molar-refractivity contribution in [3.8, 4) is 5.75 Å². The Labute approximate surface area is 226 Å². The van der Waals surface area contributed by atoms with E-state index in [2.05, 4.69) is 20.6 Å². The summed E-state index contributed by atoms with van der Waals surface area (Å²) >= 11 is 6.37. The minimum absolute atomic E-state index is 0.146. The van der Waals surface area contributed by atoms with Crippen molar-refractivity contribution in [2.24, 2.45) is 18.9 Å². The van der Waals surface area contributed by atoms with Gasteiger partial charge in [-0.05, 0) is 49.8 Å². The molecule has 3 aromatic rings. The fraction of sp³-hybridized carbons (Fsp3) is 0.500. The molecule has 1 aliphatic carbocycles. The summed E-state index contributed by atoms with van der Waals surface area (Å²) in [4.78, 5) is 23.5. The Morgan fingerprint density at radius 1 is 1.26 bits per heavy atom. The van der Waals surface area contributed by atoms with Gasteiger partial charge in [0.15, 0.2) is 12.4 Å². The number of pyridine rings is 1. The van der Waals surface area contributed by atoms with Crippen molar-refractivity contribution >= 4 is 45.6 Å². The predicted molar refractivity (Wildman–Crippen MR) is 141 cm³/mol. The first-order valence-corrected chi connectivity index (χ1v) is 13.3. The molecular formula is C26H27ClF4N6O2. The number of hydrogen-bond donors (Lipinski definition) is 2. The zero-order valence-corrected chi connectivity index (χ0v) is 21.8. The molecule has 2 aromatic heterocycles. The van der Waals surface area contributed by atoms with Crippen molar-refractivity contribution in [2.45, 2.75) is 44.1 Å². The number of nitrogens with one attached hydrogen (secondary N) is 2. The van der Waals surface area contributed by atoms with Gasteiger partial charge in [-0.25, -0.2) is 22.5 Å². The van der Waals surface area contributed by atoms with Gasteiger partial charge in [-0.3, -0.25) is 4.79 Å². The number of benzene rings is 1. The lowest BCUT2D eigenvalue weighted by Crippen LogP contribution is -2.44. The van der Waals surface area contributed by atoms with E-state index in [-0.39, 0.29) is 40.7 Å². The Balaban J connectivity index is 1.36. The molecule has 1 aromatic carbocycles. The minimum Gasteiger partial charge on any atom is -0.480 e. The highest BCUT2D eigenvalue weighted by molar-refractivity contribution is 6.32. The minimum atomic E-state index is -3.14.